The average Bonchev–Trinajstić information content (AvgIpc) is 0.770. The van der Waals surface area contributed by atoms with Crippen molar-refractivity contribution in [1.82, 2.24) is 0 Å². The molecule has 11 aromatic rings. The molecule has 0 spiro atoms. The first kappa shape index (κ1) is 55.5. The first-order valence-corrected chi connectivity index (χ1v) is 31.2. The van der Waals surface area contributed by atoms with Crippen molar-refractivity contribution in [3.63, 3.8) is 0 Å². The number of ether oxygens (including phenoxy) is 1. The van der Waals surface area contributed by atoms with Gasteiger partial charge in [0.25, 0.3) is 6.71 Å². The smallest absolute Gasteiger partial charge is 0.256 e. The van der Waals surface area contributed by atoms with Crippen molar-refractivity contribution in [3.05, 3.63) is 228 Å². The third-order valence-electron chi connectivity index (χ3n) is 20.1. The van der Waals surface area contributed by atoms with Crippen molar-refractivity contribution >= 4 is 62.1 Å². The molecule has 0 saturated heterocycles. The molecule has 4 heteroatoms. The van der Waals surface area contributed by atoms with Crippen LogP contribution < -0.4 is 26.0 Å². The van der Waals surface area contributed by atoms with E-state index in [4.69, 9.17) is 9.15 Å². The highest BCUT2D eigenvalue weighted by Crippen LogP contribution is 2.54. The number of hydrogen-bond donors (Lipinski definition) is 0. The maximum atomic E-state index is 7.53. The van der Waals surface area contributed by atoms with Crippen molar-refractivity contribution in [2.75, 3.05) is 4.90 Å². The molecule has 14 rings (SSSR count). The molecule has 0 atom stereocenters. The van der Waals surface area contributed by atoms with Gasteiger partial charge in [0.1, 0.15) is 22.7 Å². The van der Waals surface area contributed by atoms with Crippen molar-refractivity contribution in [2.45, 2.75) is 143 Å². The topological polar surface area (TPSA) is 25.6 Å². The van der Waals surface area contributed by atoms with E-state index in [1.165, 1.54) is 72.1 Å². The molecular formula is C82H80BNO2. The Morgan fingerprint density at radius 2 is 0.872 bits per heavy atom. The van der Waals surface area contributed by atoms with Gasteiger partial charge in [0.05, 0.1) is 5.69 Å². The van der Waals surface area contributed by atoms with Crippen LogP contribution in [0.4, 0.5) is 17.1 Å². The Hall–Kier alpha value is -8.34. The van der Waals surface area contributed by atoms with E-state index in [2.05, 4.69) is 310 Å². The highest BCUT2D eigenvalue weighted by atomic mass is 16.5. The zero-order valence-electron chi connectivity index (χ0n) is 53.3. The molecule has 0 amide bonds. The fourth-order valence-electron chi connectivity index (χ4n) is 13.9. The first-order valence-electron chi connectivity index (χ1n) is 31.2. The molecule has 1 aromatic heterocycles. The molecule has 3 aliphatic rings. The van der Waals surface area contributed by atoms with Gasteiger partial charge in [0.2, 0.25) is 0 Å². The zero-order chi connectivity index (χ0) is 60.4. The van der Waals surface area contributed by atoms with Crippen molar-refractivity contribution in [2.24, 2.45) is 0 Å². The Bertz CT molecular complexity index is 4570. The van der Waals surface area contributed by atoms with E-state index in [0.717, 1.165) is 83.8 Å². The van der Waals surface area contributed by atoms with Gasteiger partial charge in [-0.3, -0.25) is 0 Å². The average molecular weight is 1120 g/mol. The predicted molar refractivity (Wildman–Crippen MR) is 368 cm³/mol. The maximum Gasteiger partial charge on any atom is 0.256 e. The van der Waals surface area contributed by atoms with Gasteiger partial charge in [-0.25, -0.2) is 0 Å². The summed E-state index contributed by atoms with van der Waals surface area (Å²) in [6, 6.07) is 74.5. The molecule has 0 N–H and O–H groups in total. The van der Waals surface area contributed by atoms with Crippen LogP contribution >= 0.6 is 0 Å². The minimum Gasteiger partial charge on any atom is -0.458 e. The molecule has 0 saturated carbocycles. The normalized spacial score (nSPS) is 15.0. The number of para-hydroxylation sites is 2. The maximum absolute atomic E-state index is 7.53. The second kappa shape index (κ2) is 19.1. The quantitative estimate of drug-likeness (QED) is 0.164. The summed E-state index contributed by atoms with van der Waals surface area (Å²) < 4.78 is 14.3. The second-order valence-corrected chi connectivity index (χ2v) is 30.3. The van der Waals surface area contributed by atoms with Crippen LogP contribution in [0.15, 0.2) is 199 Å². The molecule has 0 radical (unpaired) electrons. The van der Waals surface area contributed by atoms with Crippen LogP contribution in [0, 0.1) is 0 Å². The summed E-state index contributed by atoms with van der Waals surface area (Å²) in [6.07, 6.45) is 0. The van der Waals surface area contributed by atoms with E-state index in [1.807, 2.05) is 0 Å². The molecule has 0 unspecified atom stereocenters. The standard InChI is InChI=1S/C82H80BNO2/c1-77(2,3)56-36-52-38-60(47-56)81(13,14)82(15,16)61-39-53(37-57(48-61)78(4,5)6)51-33-35-71-67(43-51)83-66-42-50(52)32-34-68(66)84(69-44-54(45-73(86-71)75(69)83)49-24-18-17-19-25-49)76-62(55-40-58(79(7,8)9)46-59(41-55)80(10,11)12)27-22-29-64(76)63-28-23-31-72-74(63)65-26-20-21-30-70(65)85-72/h17-48H,1-16H3. The van der Waals surface area contributed by atoms with Gasteiger partial charge in [-0.15, -0.1) is 0 Å². The lowest BCUT2D eigenvalue weighted by atomic mass is 9.34. The number of hydrogen-bond acceptors (Lipinski definition) is 3. The summed E-state index contributed by atoms with van der Waals surface area (Å²) in [5.41, 5.74) is 27.2. The number of fused-ring (bicyclic) bond motifs is 11. The molecule has 3 nitrogen and oxygen atoms in total. The summed E-state index contributed by atoms with van der Waals surface area (Å²) in [7, 11) is 0. The van der Waals surface area contributed by atoms with E-state index in [9.17, 15) is 0 Å². The number of furan rings is 1. The molecule has 4 heterocycles. The van der Waals surface area contributed by atoms with E-state index in [1.54, 1.807) is 0 Å². The summed E-state index contributed by atoms with van der Waals surface area (Å²) >= 11 is 0. The number of anilines is 3. The third kappa shape index (κ3) is 8.90. The van der Waals surface area contributed by atoms with Crippen LogP contribution in [0.25, 0.3) is 77.6 Å². The Balaban J connectivity index is 1.16. The lowest BCUT2D eigenvalue weighted by Gasteiger charge is -2.44. The van der Waals surface area contributed by atoms with Gasteiger partial charge < -0.3 is 14.1 Å². The van der Waals surface area contributed by atoms with E-state index < -0.39 is 0 Å². The lowest BCUT2D eigenvalue weighted by molar-refractivity contribution is 0.302. The van der Waals surface area contributed by atoms with Crippen LogP contribution in [0.1, 0.15) is 144 Å². The van der Waals surface area contributed by atoms with Crippen LogP contribution in [0.3, 0.4) is 0 Å². The number of benzene rings is 10. The number of nitrogens with zero attached hydrogens (tertiary/aromatic N) is 1. The van der Waals surface area contributed by atoms with Gasteiger partial charge in [-0.1, -0.05) is 269 Å². The minimum absolute atomic E-state index is 0.0938. The van der Waals surface area contributed by atoms with Gasteiger partial charge >= 0.3 is 0 Å². The van der Waals surface area contributed by atoms with Gasteiger partial charge in [-0.05, 0) is 163 Å². The fourth-order valence-corrected chi connectivity index (χ4v) is 13.9. The summed E-state index contributed by atoms with van der Waals surface area (Å²) in [5.74, 6) is 1.75. The van der Waals surface area contributed by atoms with Gasteiger partial charge in [0, 0.05) is 33.3 Å². The second-order valence-electron chi connectivity index (χ2n) is 30.3. The summed E-state index contributed by atoms with van der Waals surface area (Å²) in [6.45, 7) is 37.9. The van der Waals surface area contributed by atoms with E-state index in [-0.39, 0.29) is 39.2 Å². The molecule has 0 aliphatic carbocycles. The monoisotopic (exact) mass is 1120 g/mol. The first-order chi connectivity index (χ1) is 40.6. The van der Waals surface area contributed by atoms with Gasteiger partial charge in [0.15, 0.2) is 0 Å². The molecule has 428 valence electrons. The SMILES string of the molecule is CC(C)(C)c1cc(-c2cccc(-c3cccc4oc5ccccc5c34)c2N2c3ccc4cc3B3c5cc(ccc5Oc5cc(-c6ccccc6)cc2c53)-c2cc(C(C)(C)C)cc(c2)C(C)(C)C(C)(C)c2cc-4cc(C(C)(C)C)c2)cc(C(C)(C)C)c1. The van der Waals surface area contributed by atoms with Crippen molar-refractivity contribution < 1.29 is 9.15 Å². The molecular weight excluding hydrogens is 1040 g/mol. The third-order valence-corrected chi connectivity index (χ3v) is 20.1. The predicted octanol–water partition coefficient (Wildman–Crippen LogP) is 21.1. The van der Waals surface area contributed by atoms with Gasteiger partial charge in [-0.2, -0.15) is 0 Å². The zero-order valence-corrected chi connectivity index (χ0v) is 53.3. The highest BCUT2D eigenvalue weighted by Gasteiger charge is 2.46. The minimum atomic E-state index is -0.291. The summed E-state index contributed by atoms with van der Waals surface area (Å²) in [4.78, 5) is 2.64. The Labute approximate surface area is 511 Å². The Morgan fingerprint density at radius 3 is 1.50 bits per heavy atom. The van der Waals surface area contributed by atoms with E-state index >= 15 is 0 Å². The molecule has 0 fully saturated rings. The number of rotatable bonds is 4. The van der Waals surface area contributed by atoms with Crippen LogP contribution in [-0.4, -0.2) is 6.71 Å². The fraction of sp³-hybridized carbons (Fsp3) is 0.268. The molecule has 8 bridgehead atoms. The van der Waals surface area contributed by atoms with Crippen molar-refractivity contribution in [3.8, 4) is 67.1 Å². The van der Waals surface area contributed by atoms with Crippen LogP contribution in [0.2, 0.25) is 0 Å². The van der Waals surface area contributed by atoms with E-state index in [0.29, 0.717) is 0 Å². The van der Waals surface area contributed by atoms with Crippen LogP contribution in [-0.2, 0) is 32.5 Å². The summed E-state index contributed by atoms with van der Waals surface area (Å²) in [5, 5.41) is 2.20. The largest absolute Gasteiger partial charge is 0.458 e. The highest BCUT2D eigenvalue weighted by molar-refractivity contribution is 6.99. The molecule has 86 heavy (non-hydrogen) atoms. The van der Waals surface area contributed by atoms with Crippen molar-refractivity contribution in [1.29, 1.82) is 0 Å². The Morgan fingerprint density at radius 1 is 0.360 bits per heavy atom. The molecule has 10 aromatic carbocycles. The Kier molecular flexibility index (Phi) is 12.3. The lowest BCUT2D eigenvalue weighted by Crippen LogP contribution is -2.59. The van der Waals surface area contributed by atoms with Crippen LogP contribution in [0.5, 0.6) is 11.5 Å². The molecule has 3 aliphatic heterocycles.